The molecular formula is C11H24N2O. The predicted octanol–water partition coefficient (Wildman–Crippen LogP) is 1.10. The SMILES string of the molecule is CCOCCNCCN1CCCCC1. The molecule has 3 heteroatoms. The minimum atomic E-state index is 0.827. The summed E-state index contributed by atoms with van der Waals surface area (Å²) in [5, 5.41) is 3.40. The van der Waals surface area contributed by atoms with E-state index < -0.39 is 0 Å². The molecule has 84 valence electrons. The Morgan fingerprint density at radius 1 is 1.14 bits per heavy atom. The van der Waals surface area contributed by atoms with Crippen LogP contribution in [0.4, 0.5) is 0 Å². The van der Waals surface area contributed by atoms with Crippen LogP contribution in [0.1, 0.15) is 26.2 Å². The van der Waals surface area contributed by atoms with Gasteiger partial charge in [0.05, 0.1) is 6.61 Å². The normalized spacial score (nSPS) is 18.6. The number of rotatable bonds is 7. The molecule has 0 radical (unpaired) electrons. The fraction of sp³-hybridized carbons (Fsp3) is 1.00. The maximum Gasteiger partial charge on any atom is 0.0590 e. The van der Waals surface area contributed by atoms with E-state index in [1.807, 2.05) is 6.92 Å². The number of nitrogens with one attached hydrogen (secondary N) is 1. The van der Waals surface area contributed by atoms with Gasteiger partial charge in [0.2, 0.25) is 0 Å². The van der Waals surface area contributed by atoms with Gasteiger partial charge in [-0.3, -0.25) is 0 Å². The summed E-state index contributed by atoms with van der Waals surface area (Å²) in [4.78, 5) is 2.55. The lowest BCUT2D eigenvalue weighted by Crippen LogP contribution is -2.36. The molecule has 0 aromatic carbocycles. The third-order valence-electron chi connectivity index (χ3n) is 2.68. The highest BCUT2D eigenvalue weighted by molar-refractivity contribution is 4.65. The van der Waals surface area contributed by atoms with E-state index in [2.05, 4.69) is 10.2 Å². The molecule has 1 aliphatic rings. The van der Waals surface area contributed by atoms with Crippen molar-refractivity contribution in [1.29, 1.82) is 0 Å². The van der Waals surface area contributed by atoms with E-state index in [0.29, 0.717) is 0 Å². The lowest BCUT2D eigenvalue weighted by Gasteiger charge is -2.26. The van der Waals surface area contributed by atoms with Gasteiger partial charge >= 0.3 is 0 Å². The molecule has 0 unspecified atom stereocenters. The van der Waals surface area contributed by atoms with Gasteiger partial charge in [-0.15, -0.1) is 0 Å². The molecular weight excluding hydrogens is 176 g/mol. The van der Waals surface area contributed by atoms with Gasteiger partial charge in [-0.1, -0.05) is 6.42 Å². The minimum Gasteiger partial charge on any atom is -0.380 e. The first-order chi connectivity index (χ1) is 6.93. The van der Waals surface area contributed by atoms with Gasteiger partial charge in [-0.2, -0.15) is 0 Å². The van der Waals surface area contributed by atoms with E-state index in [0.717, 1.165) is 26.3 Å². The molecule has 1 aliphatic heterocycles. The first-order valence-corrected chi connectivity index (χ1v) is 5.94. The van der Waals surface area contributed by atoms with Crippen molar-refractivity contribution >= 4 is 0 Å². The van der Waals surface area contributed by atoms with Gasteiger partial charge in [0.25, 0.3) is 0 Å². The highest BCUT2D eigenvalue weighted by Crippen LogP contribution is 2.06. The van der Waals surface area contributed by atoms with Gasteiger partial charge in [0.15, 0.2) is 0 Å². The summed E-state index contributed by atoms with van der Waals surface area (Å²) in [6.45, 7) is 9.60. The summed E-state index contributed by atoms with van der Waals surface area (Å²) in [5.74, 6) is 0. The summed E-state index contributed by atoms with van der Waals surface area (Å²) in [7, 11) is 0. The number of hydrogen-bond donors (Lipinski definition) is 1. The summed E-state index contributed by atoms with van der Waals surface area (Å²) >= 11 is 0. The van der Waals surface area contributed by atoms with E-state index in [1.54, 1.807) is 0 Å². The van der Waals surface area contributed by atoms with E-state index in [4.69, 9.17) is 4.74 Å². The molecule has 1 fully saturated rings. The van der Waals surface area contributed by atoms with Crippen molar-refractivity contribution in [2.24, 2.45) is 0 Å². The second kappa shape index (κ2) is 8.21. The van der Waals surface area contributed by atoms with E-state index in [1.165, 1.54) is 38.9 Å². The van der Waals surface area contributed by atoms with Crippen LogP contribution in [0, 0.1) is 0 Å². The van der Waals surface area contributed by atoms with Crippen molar-refractivity contribution in [1.82, 2.24) is 10.2 Å². The molecule has 1 heterocycles. The first kappa shape index (κ1) is 12.0. The monoisotopic (exact) mass is 200 g/mol. The quantitative estimate of drug-likeness (QED) is 0.623. The Hall–Kier alpha value is -0.120. The zero-order valence-corrected chi connectivity index (χ0v) is 9.43. The summed E-state index contributed by atoms with van der Waals surface area (Å²) in [6.07, 6.45) is 4.20. The fourth-order valence-corrected chi connectivity index (χ4v) is 1.83. The average Bonchev–Trinajstić information content (AvgIpc) is 2.25. The lowest BCUT2D eigenvalue weighted by atomic mass is 10.1. The van der Waals surface area contributed by atoms with Crippen molar-refractivity contribution in [3.05, 3.63) is 0 Å². The second-order valence-corrected chi connectivity index (χ2v) is 3.85. The predicted molar refractivity (Wildman–Crippen MR) is 59.7 cm³/mol. The van der Waals surface area contributed by atoms with E-state index in [9.17, 15) is 0 Å². The molecule has 0 saturated carbocycles. The molecule has 1 N–H and O–H groups in total. The Morgan fingerprint density at radius 2 is 1.93 bits per heavy atom. The van der Waals surface area contributed by atoms with Crippen LogP contribution in [0.15, 0.2) is 0 Å². The maximum absolute atomic E-state index is 5.25. The zero-order valence-electron chi connectivity index (χ0n) is 9.43. The summed E-state index contributed by atoms with van der Waals surface area (Å²) in [6, 6.07) is 0. The molecule has 1 saturated heterocycles. The van der Waals surface area contributed by atoms with Crippen molar-refractivity contribution in [3.8, 4) is 0 Å². The number of piperidine rings is 1. The highest BCUT2D eigenvalue weighted by Gasteiger charge is 2.08. The molecule has 0 bridgehead atoms. The van der Waals surface area contributed by atoms with Crippen LogP contribution in [0.25, 0.3) is 0 Å². The molecule has 3 nitrogen and oxygen atoms in total. The Morgan fingerprint density at radius 3 is 2.64 bits per heavy atom. The van der Waals surface area contributed by atoms with Crippen molar-refractivity contribution < 1.29 is 4.74 Å². The van der Waals surface area contributed by atoms with Crippen LogP contribution in [0.2, 0.25) is 0 Å². The van der Waals surface area contributed by atoms with Gasteiger partial charge in [-0.05, 0) is 32.9 Å². The Bertz CT molecular complexity index is 124. The summed E-state index contributed by atoms with van der Waals surface area (Å²) < 4.78 is 5.25. The smallest absolute Gasteiger partial charge is 0.0590 e. The van der Waals surface area contributed by atoms with E-state index in [-0.39, 0.29) is 0 Å². The first-order valence-electron chi connectivity index (χ1n) is 5.94. The molecule has 14 heavy (non-hydrogen) atoms. The van der Waals surface area contributed by atoms with Crippen LogP contribution in [0.3, 0.4) is 0 Å². The molecule has 0 aromatic heterocycles. The number of likely N-dealkylation sites (tertiary alicyclic amines) is 1. The summed E-state index contributed by atoms with van der Waals surface area (Å²) in [5.41, 5.74) is 0. The Balaban J connectivity index is 1.82. The lowest BCUT2D eigenvalue weighted by molar-refractivity contribution is 0.147. The number of nitrogens with zero attached hydrogens (tertiary/aromatic N) is 1. The topological polar surface area (TPSA) is 24.5 Å². The molecule has 0 aliphatic carbocycles. The molecule has 0 aromatic rings. The zero-order chi connectivity index (χ0) is 10.1. The second-order valence-electron chi connectivity index (χ2n) is 3.85. The average molecular weight is 200 g/mol. The van der Waals surface area contributed by atoms with Crippen LogP contribution >= 0.6 is 0 Å². The van der Waals surface area contributed by atoms with Crippen LogP contribution < -0.4 is 5.32 Å². The maximum atomic E-state index is 5.25. The third-order valence-corrected chi connectivity index (χ3v) is 2.68. The van der Waals surface area contributed by atoms with Gasteiger partial charge in [0.1, 0.15) is 0 Å². The minimum absolute atomic E-state index is 0.827. The Kier molecular flexibility index (Phi) is 7.01. The van der Waals surface area contributed by atoms with Crippen LogP contribution in [0.5, 0.6) is 0 Å². The largest absolute Gasteiger partial charge is 0.380 e. The van der Waals surface area contributed by atoms with Crippen molar-refractivity contribution in [2.45, 2.75) is 26.2 Å². The third kappa shape index (κ3) is 5.58. The van der Waals surface area contributed by atoms with Gasteiger partial charge in [0, 0.05) is 26.2 Å². The molecule has 1 rings (SSSR count). The molecule has 0 spiro atoms. The highest BCUT2D eigenvalue weighted by atomic mass is 16.5. The molecule has 0 atom stereocenters. The Labute approximate surface area is 87.8 Å². The van der Waals surface area contributed by atoms with E-state index >= 15 is 0 Å². The van der Waals surface area contributed by atoms with Gasteiger partial charge in [-0.25, -0.2) is 0 Å². The number of ether oxygens (including phenoxy) is 1. The standard InChI is InChI=1S/C11H24N2O/c1-2-14-11-7-12-6-10-13-8-4-3-5-9-13/h12H,2-11H2,1H3. The van der Waals surface area contributed by atoms with Gasteiger partial charge < -0.3 is 15.0 Å². The number of hydrogen-bond acceptors (Lipinski definition) is 3. The van der Waals surface area contributed by atoms with Crippen molar-refractivity contribution in [2.75, 3.05) is 45.9 Å². The molecule has 0 amide bonds. The fourth-order valence-electron chi connectivity index (χ4n) is 1.83. The van der Waals surface area contributed by atoms with Crippen LogP contribution in [-0.2, 0) is 4.74 Å². The van der Waals surface area contributed by atoms with Crippen molar-refractivity contribution in [3.63, 3.8) is 0 Å². The van der Waals surface area contributed by atoms with Crippen LogP contribution in [-0.4, -0.2) is 50.8 Å².